The SMILES string of the molecule is Cc1[nH]ncc1N[C@H]1CCCN(C(=O)OC(C)(C)C)C1. The smallest absolute Gasteiger partial charge is 0.410 e. The molecule has 2 N–H and O–H groups in total. The topological polar surface area (TPSA) is 70.2 Å². The average Bonchev–Trinajstić information content (AvgIpc) is 2.73. The van der Waals surface area contributed by atoms with Gasteiger partial charge in [0.1, 0.15) is 5.60 Å². The van der Waals surface area contributed by atoms with Gasteiger partial charge < -0.3 is 15.0 Å². The Labute approximate surface area is 119 Å². The van der Waals surface area contributed by atoms with Crippen molar-refractivity contribution in [2.24, 2.45) is 0 Å². The first-order chi connectivity index (χ1) is 9.35. The van der Waals surface area contributed by atoms with Crippen LogP contribution in [0.1, 0.15) is 39.3 Å². The van der Waals surface area contributed by atoms with E-state index in [1.807, 2.05) is 27.7 Å². The minimum absolute atomic E-state index is 0.229. The van der Waals surface area contributed by atoms with E-state index in [0.717, 1.165) is 30.8 Å². The number of piperidine rings is 1. The van der Waals surface area contributed by atoms with E-state index in [4.69, 9.17) is 4.74 Å². The van der Waals surface area contributed by atoms with Gasteiger partial charge in [0.05, 0.1) is 17.6 Å². The molecule has 112 valence electrons. The summed E-state index contributed by atoms with van der Waals surface area (Å²) in [6.07, 6.45) is 3.58. The van der Waals surface area contributed by atoms with Crippen molar-refractivity contribution < 1.29 is 9.53 Å². The number of nitrogens with one attached hydrogen (secondary N) is 2. The van der Waals surface area contributed by atoms with E-state index in [9.17, 15) is 4.79 Å². The van der Waals surface area contributed by atoms with Crippen LogP contribution in [-0.2, 0) is 4.74 Å². The Hall–Kier alpha value is -1.72. The molecule has 1 amide bonds. The van der Waals surface area contributed by atoms with E-state index in [-0.39, 0.29) is 12.1 Å². The van der Waals surface area contributed by atoms with E-state index in [1.165, 1.54) is 0 Å². The lowest BCUT2D eigenvalue weighted by molar-refractivity contribution is 0.0206. The summed E-state index contributed by atoms with van der Waals surface area (Å²) in [5.41, 5.74) is 1.57. The molecular weight excluding hydrogens is 256 g/mol. The number of aryl methyl sites for hydroxylation is 1. The molecule has 20 heavy (non-hydrogen) atoms. The Morgan fingerprint density at radius 2 is 2.30 bits per heavy atom. The summed E-state index contributed by atoms with van der Waals surface area (Å²) in [5.74, 6) is 0. The number of hydrogen-bond donors (Lipinski definition) is 2. The van der Waals surface area contributed by atoms with Crippen LogP contribution in [0.5, 0.6) is 0 Å². The van der Waals surface area contributed by atoms with Crippen LogP contribution in [0.25, 0.3) is 0 Å². The number of H-pyrrole nitrogens is 1. The Morgan fingerprint density at radius 3 is 2.90 bits per heavy atom. The summed E-state index contributed by atoms with van der Waals surface area (Å²) >= 11 is 0. The van der Waals surface area contributed by atoms with E-state index >= 15 is 0 Å². The van der Waals surface area contributed by atoms with Crippen LogP contribution in [0.3, 0.4) is 0 Å². The van der Waals surface area contributed by atoms with Crippen molar-refractivity contribution in [2.75, 3.05) is 18.4 Å². The molecule has 0 aromatic carbocycles. The summed E-state index contributed by atoms with van der Waals surface area (Å²) < 4.78 is 5.43. The van der Waals surface area contributed by atoms with Crippen LogP contribution < -0.4 is 5.32 Å². The first-order valence-electron chi connectivity index (χ1n) is 7.09. The van der Waals surface area contributed by atoms with Gasteiger partial charge in [-0.15, -0.1) is 0 Å². The van der Waals surface area contributed by atoms with Crippen LogP contribution in [-0.4, -0.2) is 45.9 Å². The number of ether oxygens (including phenoxy) is 1. The minimum atomic E-state index is -0.446. The zero-order chi connectivity index (χ0) is 14.8. The van der Waals surface area contributed by atoms with Gasteiger partial charge in [-0.05, 0) is 40.5 Å². The molecular formula is C14H24N4O2. The van der Waals surface area contributed by atoms with Crippen molar-refractivity contribution in [3.05, 3.63) is 11.9 Å². The first-order valence-corrected chi connectivity index (χ1v) is 7.09. The molecule has 0 aliphatic carbocycles. The molecule has 0 unspecified atom stereocenters. The van der Waals surface area contributed by atoms with Crippen molar-refractivity contribution in [1.82, 2.24) is 15.1 Å². The summed E-state index contributed by atoms with van der Waals surface area (Å²) in [4.78, 5) is 13.9. The zero-order valence-electron chi connectivity index (χ0n) is 12.7. The van der Waals surface area contributed by atoms with Gasteiger partial charge >= 0.3 is 6.09 Å². The van der Waals surface area contributed by atoms with E-state index in [0.29, 0.717) is 6.54 Å². The molecule has 0 radical (unpaired) electrons. The lowest BCUT2D eigenvalue weighted by Crippen LogP contribution is -2.47. The van der Waals surface area contributed by atoms with Crippen molar-refractivity contribution in [3.8, 4) is 0 Å². The molecule has 1 fully saturated rings. The monoisotopic (exact) mass is 280 g/mol. The second-order valence-electron chi connectivity index (χ2n) is 6.32. The van der Waals surface area contributed by atoms with Gasteiger partial charge in [-0.1, -0.05) is 0 Å². The van der Waals surface area contributed by atoms with Gasteiger partial charge in [-0.25, -0.2) is 4.79 Å². The molecule has 0 bridgehead atoms. The maximum atomic E-state index is 12.1. The Bertz CT molecular complexity index is 464. The van der Waals surface area contributed by atoms with E-state index < -0.39 is 5.60 Å². The van der Waals surface area contributed by atoms with Gasteiger partial charge in [0.2, 0.25) is 0 Å². The van der Waals surface area contributed by atoms with Crippen LogP contribution in [0.2, 0.25) is 0 Å². The number of likely N-dealkylation sites (tertiary alicyclic amines) is 1. The fraction of sp³-hybridized carbons (Fsp3) is 0.714. The van der Waals surface area contributed by atoms with Crippen molar-refractivity contribution in [1.29, 1.82) is 0 Å². The Kier molecular flexibility index (Phi) is 4.20. The lowest BCUT2D eigenvalue weighted by atomic mass is 10.1. The molecule has 6 nitrogen and oxygen atoms in total. The van der Waals surface area contributed by atoms with Crippen molar-refractivity contribution in [3.63, 3.8) is 0 Å². The van der Waals surface area contributed by atoms with Crippen LogP contribution in [0.15, 0.2) is 6.20 Å². The maximum Gasteiger partial charge on any atom is 0.410 e. The van der Waals surface area contributed by atoms with Crippen LogP contribution >= 0.6 is 0 Å². The quantitative estimate of drug-likeness (QED) is 0.873. The number of rotatable bonds is 2. The molecule has 1 saturated heterocycles. The van der Waals surface area contributed by atoms with Crippen molar-refractivity contribution in [2.45, 2.75) is 52.2 Å². The highest BCUT2D eigenvalue weighted by atomic mass is 16.6. The Balaban J connectivity index is 1.92. The van der Waals surface area contributed by atoms with E-state index in [2.05, 4.69) is 15.5 Å². The fourth-order valence-corrected chi connectivity index (χ4v) is 2.30. The molecule has 6 heteroatoms. The van der Waals surface area contributed by atoms with Gasteiger partial charge in [0, 0.05) is 19.1 Å². The summed E-state index contributed by atoms with van der Waals surface area (Å²) in [6, 6.07) is 0.243. The molecule has 0 spiro atoms. The molecule has 1 atom stereocenters. The molecule has 1 aliphatic heterocycles. The summed E-state index contributed by atoms with van der Waals surface area (Å²) in [6.45, 7) is 9.07. The molecule has 2 rings (SSSR count). The first kappa shape index (κ1) is 14.7. The third-order valence-corrected chi connectivity index (χ3v) is 3.26. The van der Waals surface area contributed by atoms with Crippen LogP contribution in [0.4, 0.5) is 10.5 Å². The second-order valence-corrected chi connectivity index (χ2v) is 6.32. The minimum Gasteiger partial charge on any atom is -0.444 e. The molecule has 1 aliphatic rings. The number of hydrogen-bond acceptors (Lipinski definition) is 4. The number of carbonyl (C=O) groups is 1. The normalized spacial score (nSPS) is 19.8. The third kappa shape index (κ3) is 3.88. The summed E-state index contributed by atoms with van der Waals surface area (Å²) in [7, 11) is 0. The lowest BCUT2D eigenvalue weighted by Gasteiger charge is -2.34. The predicted molar refractivity (Wildman–Crippen MR) is 77.8 cm³/mol. The fourth-order valence-electron chi connectivity index (χ4n) is 2.30. The van der Waals surface area contributed by atoms with E-state index in [1.54, 1.807) is 11.1 Å². The van der Waals surface area contributed by atoms with Crippen LogP contribution in [0, 0.1) is 6.92 Å². The molecule has 1 aromatic rings. The number of aromatic nitrogens is 2. The number of carbonyl (C=O) groups excluding carboxylic acids is 1. The molecule has 2 heterocycles. The average molecular weight is 280 g/mol. The standard InChI is InChI=1S/C14H24N4O2/c1-10-12(8-15-17-10)16-11-6-5-7-18(9-11)13(19)20-14(2,3)4/h8,11,16H,5-7,9H2,1-4H3,(H,15,17)/t11-/m0/s1. The highest BCUT2D eigenvalue weighted by Gasteiger charge is 2.27. The predicted octanol–water partition coefficient (Wildman–Crippen LogP) is 2.53. The largest absolute Gasteiger partial charge is 0.444 e. The van der Waals surface area contributed by atoms with Gasteiger partial charge in [0.25, 0.3) is 0 Å². The number of nitrogens with zero attached hydrogens (tertiary/aromatic N) is 2. The second kappa shape index (κ2) is 5.73. The highest BCUT2D eigenvalue weighted by Crippen LogP contribution is 2.19. The Morgan fingerprint density at radius 1 is 1.55 bits per heavy atom. The number of aromatic amines is 1. The molecule has 0 saturated carbocycles. The maximum absolute atomic E-state index is 12.1. The number of amides is 1. The third-order valence-electron chi connectivity index (χ3n) is 3.26. The highest BCUT2D eigenvalue weighted by molar-refractivity contribution is 5.68. The number of anilines is 1. The van der Waals surface area contributed by atoms with Gasteiger partial charge in [-0.2, -0.15) is 5.10 Å². The molecule has 1 aromatic heterocycles. The summed E-state index contributed by atoms with van der Waals surface area (Å²) in [5, 5.41) is 10.3. The van der Waals surface area contributed by atoms with Gasteiger partial charge in [0.15, 0.2) is 0 Å². The van der Waals surface area contributed by atoms with Crippen molar-refractivity contribution >= 4 is 11.8 Å². The zero-order valence-corrected chi connectivity index (χ0v) is 12.7. The van der Waals surface area contributed by atoms with Gasteiger partial charge in [-0.3, -0.25) is 5.10 Å².